The molecule has 0 radical (unpaired) electrons. The van der Waals surface area contributed by atoms with Crippen molar-refractivity contribution < 1.29 is 14.3 Å². The third-order valence-corrected chi connectivity index (χ3v) is 3.35. The molecule has 1 atom stereocenters. The second-order valence-electron chi connectivity index (χ2n) is 4.98. The maximum Gasteiger partial charge on any atom is 0.337 e. The number of nitrogens with two attached hydrogens (primary N) is 1. The third-order valence-electron chi connectivity index (χ3n) is 3.35. The zero-order valence-corrected chi connectivity index (χ0v) is 11.9. The monoisotopic (exact) mass is 288 g/mol. The number of nitrogen functional groups attached to an aromatic ring is 1. The summed E-state index contributed by atoms with van der Waals surface area (Å²) in [6.45, 7) is 3.63. The quantitative estimate of drug-likeness (QED) is 0.752. The number of aryl methyl sites for hydroxylation is 1. The van der Waals surface area contributed by atoms with Crippen LogP contribution in [0.4, 0.5) is 15.8 Å². The van der Waals surface area contributed by atoms with E-state index in [1.165, 1.54) is 18.2 Å². The Morgan fingerprint density at radius 3 is 2.67 bits per heavy atom. The first kappa shape index (κ1) is 14.8. The fourth-order valence-electron chi connectivity index (χ4n) is 2.17. The Morgan fingerprint density at radius 2 is 2.05 bits per heavy atom. The minimum Gasteiger partial charge on any atom is -0.478 e. The van der Waals surface area contributed by atoms with Gasteiger partial charge < -0.3 is 16.2 Å². The first-order chi connectivity index (χ1) is 9.88. The second-order valence-corrected chi connectivity index (χ2v) is 4.98. The summed E-state index contributed by atoms with van der Waals surface area (Å²) in [5.74, 6) is -1.38. The molecule has 21 heavy (non-hydrogen) atoms. The molecule has 0 aliphatic carbocycles. The molecule has 0 fully saturated rings. The van der Waals surface area contributed by atoms with E-state index < -0.39 is 5.97 Å². The van der Waals surface area contributed by atoms with Gasteiger partial charge in [-0.05, 0) is 49.2 Å². The summed E-state index contributed by atoms with van der Waals surface area (Å²) in [6.07, 6.45) is 0. The van der Waals surface area contributed by atoms with E-state index in [1.807, 2.05) is 13.0 Å². The van der Waals surface area contributed by atoms with Gasteiger partial charge in [0, 0.05) is 17.4 Å². The number of hydrogen-bond donors (Lipinski definition) is 3. The SMILES string of the molecule is Cc1cc(NC(C)c2cccc(F)c2)cc(C(=O)O)c1N. The predicted octanol–water partition coefficient (Wildman–Crippen LogP) is 3.59. The summed E-state index contributed by atoms with van der Waals surface area (Å²) in [6, 6.07) is 9.37. The van der Waals surface area contributed by atoms with E-state index in [0.717, 1.165) is 5.56 Å². The van der Waals surface area contributed by atoms with Gasteiger partial charge in [-0.3, -0.25) is 0 Å². The van der Waals surface area contributed by atoms with Crippen molar-refractivity contribution in [1.82, 2.24) is 0 Å². The molecule has 2 aromatic carbocycles. The Morgan fingerprint density at radius 1 is 1.33 bits per heavy atom. The number of carboxylic acids is 1. The van der Waals surface area contributed by atoms with Gasteiger partial charge in [0.1, 0.15) is 5.82 Å². The van der Waals surface area contributed by atoms with Gasteiger partial charge in [-0.2, -0.15) is 0 Å². The zero-order chi connectivity index (χ0) is 15.6. The van der Waals surface area contributed by atoms with Crippen molar-refractivity contribution >= 4 is 17.3 Å². The van der Waals surface area contributed by atoms with E-state index in [2.05, 4.69) is 5.32 Å². The molecule has 0 aliphatic rings. The number of hydrogen-bond acceptors (Lipinski definition) is 3. The summed E-state index contributed by atoms with van der Waals surface area (Å²) in [7, 11) is 0. The first-order valence-corrected chi connectivity index (χ1v) is 6.54. The van der Waals surface area contributed by atoms with Gasteiger partial charge in [0.15, 0.2) is 0 Å². The normalized spacial score (nSPS) is 12.0. The van der Waals surface area contributed by atoms with E-state index in [1.54, 1.807) is 19.1 Å². The van der Waals surface area contributed by atoms with E-state index in [4.69, 9.17) is 10.8 Å². The molecule has 2 rings (SSSR count). The Kier molecular flexibility index (Phi) is 4.12. The number of anilines is 2. The molecule has 1 unspecified atom stereocenters. The third kappa shape index (κ3) is 3.31. The molecule has 0 saturated carbocycles. The van der Waals surface area contributed by atoms with Crippen molar-refractivity contribution in [3.05, 3.63) is 58.9 Å². The highest BCUT2D eigenvalue weighted by molar-refractivity contribution is 5.95. The van der Waals surface area contributed by atoms with Gasteiger partial charge in [0.05, 0.1) is 5.56 Å². The smallest absolute Gasteiger partial charge is 0.337 e. The molecule has 0 spiro atoms. The van der Waals surface area contributed by atoms with E-state index >= 15 is 0 Å². The Hall–Kier alpha value is -2.56. The van der Waals surface area contributed by atoms with Crippen LogP contribution < -0.4 is 11.1 Å². The highest BCUT2D eigenvalue weighted by Crippen LogP contribution is 2.26. The van der Waals surface area contributed by atoms with Gasteiger partial charge in [-0.1, -0.05) is 12.1 Å². The topological polar surface area (TPSA) is 75.3 Å². The number of benzene rings is 2. The number of rotatable bonds is 4. The van der Waals surface area contributed by atoms with Crippen molar-refractivity contribution in [3.8, 4) is 0 Å². The fraction of sp³-hybridized carbons (Fsp3) is 0.188. The molecule has 4 nitrogen and oxygen atoms in total. The van der Waals surface area contributed by atoms with Crippen LogP contribution in [0.25, 0.3) is 0 Å². The number of carbonyl (C=O) groups is 1. The van der Waals surface area contributed by atoms with Crippen molar-refractivity contribution in [2.75, 3.05) is 11.1 Å². The highest BCUT2D eigenvalue weighted by Gasteiger charge is 2.13. The Labute approximate surface area is 122 Å². The lowest BCUT2D eigenvalue weighted by Crippen LogP contribution is -2.10. The largest absolute Gasteiger partial charge is 0.478 e. The van der Waals surface area contributed by atoms with Crippen molar-refractivity contribution in [2.45, 2.75) is 19.9 Å². The Balaban J connectivity index is 2.29. The van der Waals surface area contributed by atoms with Gasteiger partial charge >= 0.3 is 5.97 Å². The van der Waals surface area contributed by atoms with Gasteiger partial charge in [0.25, 0.3) is 0 Å². The fourth-order valence-corrected chi connectivity index (χ4v) is 2.17. The molecule has 0 saturated heterocycles. The van der Waals surface area contributed by atoms with E-state index in [-0.39, 0.29) is 23.1 Å². The molecular formula is C16H17FN2O2. The van der Waals surface area contributed by atoms with Gasteiger partial charge in [-0.25, -0.2) is 9.18 Å². The highest BCUT2D eigenvalue weighted by atomic mass is 19.1. The number of aromatic carboxylic acids is 1. The molecule has 4 N–H and O–H groups in total. The van der Waals surface area contributed by atoms with Crippen LogP contribution in [0.5, 0.6) is 0 Å². The molecular weight excluding hydrogens is 271 g/mol. The molecule has 2 aromatic rings. The van der Waals surface area contributed by atoms with Crippen molar-refractivity contribution in [3.63, 3.8) is 0 Å². The molecule has 0 bridgehead atoms. The second kappa shape index (κ2) is 5.83. The zero-order valence-electron chi connectivity index (χ0n) is 11.9. The average Bonchev–Trinajstić information content (AvgIpc) is 2.42. The van der Waals surface area contributed by atoms with Gasteiger partial charge in [-0.15, -0.1) is 0 Å². The van der Waals surface area contributed by atoms with Crippen LogP contribution in [0.2, 0.25) is 0 Å². The van der Waals surface area contributed by atoms with Crippen molar-refractivity contribution in [2.24, 2.45) is 0 Å². The molecule has 0 aliphatic heterocycles. The summed E-state index contributed by atoms with van der Waals surface area (Å²) < 4.78 is 13.2. The average molecular weight is 288 g/mol. The minimum atomic E-state index is -1.07. The molecule has 0 amide bonds. The summed E-state index contributed by atoms with van der Waals surface area (Å²) >= 11 is 0. The molecule has 0 aromatic heterocycles. The van der Waals surface area contributed by atoms with Crippen LogP contribution in [-0.4, -0.2) is 11.1 Å². The first-order valence-electron chi connectivity index (χ1n) is 6.54. The molecule has 5 heteroatoms. The van der Waals surface area contributed by atoms with E-state index in [0.29, 0.717) is 11.3 Å². The van der Waals surface area contributed by atoms with Crippen LogP contribution in [-0.2, 0) is 0 Å². The lowest BCUT2D eigenvalue weighted by molar-refractivity contribution is 0.0698. The van der Waals surface area contributed by atoms with Crippen LogP contribution >= 0.6 is 0 Å². The maximum absolute atomic E-state index is 13.2. The summed E-state index contributed by atoms with van der Waals surface area (Å²) in [5.41, 5.74) is 8.17. The number of nitrogens with one attached hydrogen (secondary N) is 1. The summed E-state index contributed by atoms with van der Waals surface area (Å²) in [5, 5.41) is 12.3. The maximum atomic E-state index is 13.2. The predicted molar refractivity (Wildman–Crippen MR) is 81.0 cm³/mol. The van der Waals surface area contributed by atoms with Crippen LogP contribution in [0.15, 0.2) is 36.4 Å². The standard InChI is InChI=1S/C16H17FN2O2/c1-9-6-13(8-14(15(9)18)16(20)21)19-10(2)11-4-3-5-12(17)7-11/h3-8,10,19H,18H2,1-2H3,(H,20,21). The summed E-state index contributed by atoms with van der Waals surface area (Å²) in [4.78, 5) is 11.2. The lowest BCUT2D eigenvalue weighted by Gasteiger charge is -2.17. The minimum absolute atomic E-state index is 0.0592. The van der Waals surface area contributed by atoms with Crippen LogP contribution in [0, 0.1) is 12.7 Å². The van der Waals surface area contributed by atoms with Gasteiger partial charge in [0.2, 0.25) is 0 Å². The molecule has 110 valence electrons. The van der Waals surface area contributed by atoms with Crippen LogP contribution in [0.3, 0.4) is 0 Å². The van der Waals surface area contributed by atoms with Crippen molar-refractivity contribution in [1.29, 1.82) is 0 Å². The van der Waals surface area contributed by atoms with Crippen LogP contribution in [0.1, 0.15) is 34.5 Å². The number of carboxylic acid groups (broad SMARTS) is 1. The van der Waals surface area contributed by atoms with E-state index in [9.17, 15) is 9.18 Å². The molecule has 0 heterocycles. The Bertz CT molecular complexity index is 686. The number of halogens is 1. The lowest BCUT2D eigenvalue weighted by atomic mass is 10.0.